The van der Waals surface area contributed by atoms with Crippen molar-refractivity contribution in [2.45, 2.75) is 18.8 Å². The summed E-state index contributed by atoms with van der Waals surface area (Å²) in [5.41, 5.74) is 2.96. The van der Waals surface area contributed by atoms with Crippen LogP contribution in [-0.2, 0) is 9.47 Å². The molecule has 126 valence electrons. The molecule has 1 atom stereocenters. The summed E-state index contributed by atoms with van der Waals surface area (Å²) in [7, 11) is 2.13. The molecular weight excluding hydrogens is 304 g/mol. The fourth-order valence-electron chi connectivity index (χ4n) is 3.01. The van der Waals surface area contributed by atoms with E-state index < -0.39 is 0 Å². The summed E-state index contributed by atoms with van der Waals surface area (Å²) in [6.45, 7) is 3.13. The van der Waals surface area contributed by atoms with E-state index in [1.165, 1.54) is 6.42 Å². The number of hydrogen-bond acceptors (Lipinski definition) is 5. The van der Waals surface area contributed by atoms with Gasteiger partial charge >= 0.3 is 0 Å². The first-order valence-electron chi connectivity index (χ1n) is 8.43. The van der Waals surface area contributed by atoms with Gasteiger partial charge in [-0.25, -0.2) is 4.98 Å². The van der Waals surface area contributed by atoms with Crippen LogP contribution in [0, 0.1) is 0 Å². The van der Waals surface area contributed by atoms with Crippen molar-refractivity contribution in [2.75, 3.05) is 33.4 Å². The monoisotopic (exact) mass is 326 g/mol. The molecular formula is C19H22N2O3. The summed E-state index contributed by atoms with van der Waals surface area (Å²) < 4.78 is 17.0. The van der Waals surface area contributed by atoms with Gasteiger partial charge in [-0.15, -0.1) is 0 Å². The van der Waals surface area contributed by atoms with Crippen LogP contribution in [0.5, 0.6) is 5.88 Å². The standard InChI is InChI=1S/C19H22N2O3/c1-21-9-8-16(21)13-24-18-7-3-6-17(20-18)14-4-2-5-15(12-14)19-22-10-11-23-19/h2-7,12,16,19H,8-11,13H2,1H3/t16-/m0/s1. The summed E-state index contributed by atoms with van der Waals surface area (Å²) >= 11 is 0. The molecule has 2 saturated heterocycles. The van der Waals surface area contributed by atoms with Crippen LogP contribution in [0.4, 0.5) is 0 Å². The molecule has 1 aromatic heterocycles. The van der Waals surface area contributed by atoms with Gasteiger partial charge < -0.3 is 14.2 Å². The molecule has 0 aliphatic carbocycles. The molecule has 0 amide bonds. The summed E-state index contributed by atoms with van der Waals surface area (Å²) in [5.74, 6) is 0.673. The lowest BCUT2D eigenvalue weighted by Crippen LogP contribution is -2.48. The van der Waals surface area contributed by atoms with Gasteiger partial charge in [-0.05, 0) is 32.1 Å². The minimum atomic E-state index is -0.265. The van der Waals surface area contributed by atoms with Crippen LogP contribution in [0.1, 0.15) is 18.3 Å². The van der Waals surface area contributed by atoms with Crippen LogP contribution in [0.2, 0.25) is 0 Å². The third-order valence-electron chi connectivity index (χ3n) is 4.66. The maximum absolute atomic E-state index is 5.87. The highest BCUT2D eigenvalue weighted by atomic mass is 16.7. The normalized spacial score (nSPS) is 21.6. The van der Waals surface area contributed by atoms with Gasteiger partial charge in [0.05, 0.1) is 18.9 Å². The number of rotatable bonds is 5. The largest absolute Gasteiger partial charge is 0.476 e. The zero-order valence-electron chi connectivity index (χ0n) is 13.9. The van der Waals surface area contributed by atoms with Crippen LogP contribution < -0.4 is 4.74 Å². The highest BCUT2D eigenvalue weighted by Gasteiger charge is 2.24. The Morgan fingerprint density at radius 1 is 1.17 bits per heavy atom. The molecule has 0 bridgehead atoms. The predicted octanol–water partition coefficient (Wildman–Crippen LogP) is 2.88. The second-order valence-corrected chi connectivity index (χ2v) is 6.29. The van der Waals surface area contributed by atoms with Crippen LogP contribution in [0.3, 0.4) is 0 Å². The summed E-state index contributed by atoms with van der Waals surface area (Å²) in [6, 6.07) is 14.5. The molecule has 2 aromatic rings. The van der Waals surface area contributed by atoms with Crippen molar-refractivity contribution in [3.05, 3.63) is 48.0 Å². The lowest BCUT2D eigenvalue weighted by Gasteiger charge is -2.37. The number of hydrogen-bond donors (Lipinski definition) is 0. The fourth-order valence-corrected chi connectivity index (χ4v) is 3.01. The molecule has 4 rings (SSSR count). The second kappa shape index (κ2) is 6.89. The van der Waals surface area contributed by atoms with Crippen molar-refractivity contribution >= 4 is 0 Å². The first-order chi connectivity index (χ1) is 11.8. The maximum atomic E-state index is 5.87. The molecule has 5 nitrogen and oxygen atoms in total. The number of likely N-dealkylation sites (N-methyl/N-ethyl adjacent to an activating group) is 1. The molecule has 0 saturated carbocycles. The maximum Gasteiger partial charge on any atom is 0.213 e. The highest BCUT2D eigenvalue weighted by Crippen LogP contribution is 2.28. The fraction of sp³-hybridized carbons (Fsp3) is 0.421. The predicted molar refractivity (Wildman–Crippen MR) is 90.8 cm³/mol. The first kappa shape index (κ1) is 15.6. The zero-order chi connectivity index (χ0) is 16.4. The van der Waals surface area contributed by atoms with Crippen molar-refractivity contribution < 1.29 is 14.2 Å². The molecule has 5 heteroatoms. The van der Waals surface area contributed by atoms with Gasteiger partial charge in [0.1, 0.15) is 6.61 Å². The first-order valence-corrected chi connectivity index (χ1v) is 8.43. The van der Waals surface area contributed by atoms with Gasteiger partial charge in [0, 0.05) is 23.2 Å². The topological polar surface area (TPSA) is 43.8 Å². The van der Waals surface area contributed by atoms with Crippen molar-refractivity contribution in [3.8, 4) is 17.1 Å². The van der Waals surface area contributed by atoms with E-state index in [4.69, 9.17) is 14.2 Å². The van der Waals surface area contributed by atoms with E-state index in [0.717, 1.165) is 23.4 Å². The SMILES string of the molecule is CN1CC[C@H]1COc1cccc(-c2cccc(C3OCCO3)c2)n1. The Bertz CT molecular complexity index is 701. The third-order valence-corrected chi connectivity index (χ3v) is 4.66. The summed E-state index contributed by atoms with van der Waals surface area (Å²) in [6.07, 6.45) is 0.929. The van der Waals surface area contributed by atoms with Crippen molar-refractivity contribution in [3.63, 3.8) is 0 Å². The molecule has 2 aliphatic heterocycles. The molecule has 0 radical (unpaired) electrons. The van der Waals surface area contributed by atoms with E-state index in [1.807, 2.05) is 36.4 Å². The highest BCUT2D eigenvalue weighted by molar-refractivity contribution is 5.60. The van der Waals surface area contributed by atoms with E-state index in [1.54, 1.807) is 0 Å². The number of benzene rings is 1. The van der Waals surface area contributed by atoms with E-state index in [2.05, 4.69) is 23.0 Å². The Kier molecular flexibility index (Phi) is 4.47. The molecule has 3 heterocycles. The van der Waals surface area contributed by atoms with Gasteiger partial charge in [-0.3, -0.25) is 4.90 Å². The second-order valence-electron chi connectivity index (χ2n) is 6.29. The molecule has 2 aliphatic rings. The van der Waals surface area contributed by atoms with Crippen LogP contribution in [-0.4, -0.2) is 49.3 Å². The Morgan fingerprint density at radius 3 is 2.75 bits per heavy atom. The number of likely N-dealkylation sites (tertiary alicyclic amines) is 1. The van der Waals surface area contributed by atoms with E-state index in [9.17, 15) is 0 Å². The van der Waals surface area contributed by atoms with E-state index in [-0.39, 0.29) is 6.29 Å². The average Bonchev–Trinajstić information content (AvgIpc) is 3.16. The molecule has 0 N–H and O–H groups in total. The molecule has 24 heavy (non-hydrogen) atoms. The van der Waals surface area contributed by atoms with Crippen molar-refractivity contribution in [1.82, 2.24) is 9.88 Å². The number of pyridine rings is 1. The number of ether oxygens (including phenoxy) is 3. The van der Waals surface area contributed by atoms with Gasteiger partial charge in [0.2, 0.25) is 5.88 Å². The average molecular weight is 326 g/mol. The number of nitrogens with zero attached hydrogens (tertiary/aromatic N) is 2. The van der Waals surface area contributed by atoms with Crippen molar-refractivity contribution in [1.29, 1.82) is 0 Å². The van der Waals surface area contributed by atoms with Gasteiger partial charge in [-0.1, -0.05) is 24.3 Å². The molecule has 2 fully saturated rings. The van der Waals surface area contributed by atoms with E-state index in [0.29, 0.717) is 31.7 Å². The van der Waals surface area contributed by atoms with Gasteiger partial charge in [0.25, 0.3) is 0 Å². The van der Waals surface area contributed by atoms with Crippen LogP contribution >= 0.6 is 0 Å². The number of aromatic nitrogens is 1. The summed E-state index contributed by atoms with van der Waals surface area (Å²) in [5, 5.41) is 0. The van der Waals surface area contributed by atoms with Crippen molar-refractivity contribution in [2.24, 2.45) is 0 Å². The lowest BCUT2D eigenvalue weighted by molar-refractivity contribution is -0.0440. The van der Waals surface area contributed by atoms with Gasteiger partial charge in [0.15, 0.2) is 6.29 Å². The van der Waals surface area contributed by atoms with Gasteiger partial charge in [-0.2, -0.15) is 0 Å². The quantitative estimate of drug-likeness (QED) is 0.845. The Balaban J connectivity index is 1.49. The zero-order valence-corrected chi connectivity index (χ0v) is 13.9. The minimum Gasteiger partial charge on any atom is -0.476 e. The third kappa shape index (κ3) is 3.29. The Labute approximate surface area is 142 Å². The lowest BCUT2D eigenvalue weighted by atomic mass is 10.1. The van der Waals surface area contributed by atoms with E-state index >= 15 is 0 Å². The van der Waals surface area contributed by atoms with Crippen LogP contribution in [0.15, 0.2) is 42.5 Å². The van der Waals surface area contributed by atoms with Crippen LogP contribution in [0.25, 0.3) is 11.3 Å². The molecule has 0 spiro atoms. The Morgan fingerprint density at radius 2 is 2.00 bits per heavy atom. The minimum absolute atomic E-state index is 0.265. The molecule has 0 unspecified atom stereocenters. The summed E-state index contributed by atoms with van der Waals surface area (Å²) in [4.78, 5) is 6.94. The molecule has 1 aromatic carbocycles. The smallest absolute Gasteiger partial charge is 0.213 e. The Hall–Kier alpha value is -1.95.